The molecule has 1 fully saturated rings. The van der Waals surface area contributed by atoms with Crippen LogP contribution in [0.15, 0.2) is 73.1 Å². The molecule has 0 spiro atoms. The lowest BCUT2D eigenvalue weighted by Gasteiger charge is -2.24. The molecule has 2 aromatic heterocycles. The van der Waals surface area contributed by atoms with Gasteiger partial charge in [-0.05, 0) is 69.7 Å². The Morgan fingerprint density at radius 2 is 1.64 bits per heavy atom. The molecule has 1 aliphatic heterocycles. The zero-order chi connectivity index (χ0) is 37.9. The molecule has 292 valence electrons. The zero-order valence-corrected chi connectivity index (χ0v) is 32.0. The van der Waals surface area contributed by atoms with Crippen LogP contribution < -0.4 is 15.3 Å². The second kappa shape index (κ2) is 22.6. The van der Waals surface area contributed by atoms with E-state index in [0.717, 1.165) is 38.5 Å². The molecule has 1 aliphatic rings. The minimum atomic E-state index is -4.23. The van der Waals surface area contributed by atoms with Crippen LogP contribution in [-0.2, 0) is 23.4 Å². The van der Waals surface area contributed by atoms with Gasteiger partial charge in [-0.1, -0.05) is 94.4 Å². The lowest BCUT2D eigenvalue weighted by Crippen LogP contribution is -2.37. The number of nitrogens with one attached hydrogen (secondary N) is 1. The molecule has 53 heavy (non-hydrogen) atoms. The van der Waals surface area contributed by atoms with Gasteiger partial charge in [0.1, 0.15) is 48.1 Å². The molecule has 4 rings (SSSR count). The fraction of sp³-hybridized carbons (Fsp3) is 0.564. The maximum atomic E-state index is 14.0. The molecule has 1 saturated heterocycles. The number of allylic oxidation sites excluding steroid dienone is 4. The molecule has 0 saturated carbocycles. The van der Waals surface area contributed by atoms with Crippen molar-refractivity contribution in [2.24, 2.45) is 0 Å². The predicted molar refractivity (Wildman–Crippen MR) is 205 cm³/mol. The van der Waals surface area contributed by atoms with E-state index in [1.165, 1.54) is 62.7 Å². The number of hydrogen-bond donors (Lipinski definition) is 4. The average Bonchev–Trinajstić information content (AvgIpc) is 3.71. The molecule has 1 unspecified atom stereocenters. The largest absolute Gasteiger partial charge is 0.465 e. The first-order valence-electron chi connectivity index (χ1n) is 19.1. The second-order valence-corrected chi connectivity index (χ2v) is 15.1. The highest BCUT2D eigenvalue weighted by Crippen LogP contribution is 2.46. The second-order valence-electron chi connectivity index (χ2n) is 13.4. The van der Waals surface area contributed by atoms with E-state index in [0.29, 0.717) is 11.2 Å². The quantitative estimate of drug-likeness (QED) is 0.0292. The number of aliphatic hydroxyl groups is 2. The van der Waals surface area contributed by atoms with Crippen LogP contribution in [0, 0.1) is 0 Å². The highest BCUT2D eigenvalue weighted by atomic mass is 31.2. The third kappa shape index (κ3) is 13.7. The number of carbonyl (C=O) groups excluding carboxylic acids is 1. The number of ether oxygens (including phenoxy) is 2. The minimum Gasteiger partial charge on any atom is -0.465 e. The van der Waals surface area contributed by atoms with Crippen molar-refractivity contribution in [1.82, 2.24) is 19.7 Å². The molecule has 0 bridgehead atoms. The number of hydrogen-bond acceptors (Lipinski definition) is 11. The van der Waals surface area contributed by atoms with Crippen molar-refractivity contribution in [3.05, 3.63) is 78.8 Å². The average molecular weight is 756 g/mol. The summed E-state index contributed by atoms with van der Waals surface area (Å²) in [5.41, 5.74) is 6.89. The van der Waals surface area contributed by atoms with Gasteiger partial charge in [0.15, 0.2) is 5.82 Å². The van der Waals surface area contributed by atoms with Crippen molar-refractivity contribution >= 4 is 25.1 Å². The van der Waals surface area contributed by atoms with Gasteiger partial charge < -0.3 is 29.9 Å². The Morgan fingerprint density at radius 1 is 0.962 bits per heavy atom. The van der Waals surface area contributed by atoms with Gasteiger partial charge in [0.05, 0.1) is 18.9 Å². The smallest absolute Gasteiger partial charge is 0.459 e. The van der Waals surface area contributed by atoms with E-state index in [9.17, 15) is 19.6 Å². The van der Waals surface area contributed by atoms with E-state index < -0.39 is 50.8 Å². The highest BCUT2D eigenvalue weighted by Gasteiger charge is 2.46. The van der Waals surface area contributed by atoms with Gasteiger partial charge in [-0.2, -0.15) is 10.2 Å². The van der Waals surface area contributed by atoms with Crippen LogP contribution in [0.25, 0.3) is 5.52 Å². The van der Waals surface area contributed by atoms with Crippen LogP contribution in [0.4, 0.5) is 5.82 Å². The van der Waals surface area contributed by atoms with Gasteiger partial charge in [0, 0.05) is 0 Å². The molecule has 1 aromatic carbocycles. The number of anilines is 1. The number of rotatable bonds is 25. The van der Waals surface area contributed by atoms with Crippen LogP contribution in [0.1, 0.15) is 109 Å². The number of para-hydroxylation sites is 1. The molecule has 14 heteroatoms. The number of aliphatic hydroxyl groups excluding tert-OH is 2. The van der Waals surface area contributed by atoms with Crippen LogP contribution in [-0.4, -0.2) is 68.3 Å². The van der Waals surface area contributed by atoms with Gasteiger partial charge in [0.2, 0.25) is 0 Å². The fourth-order valence-electron chi connectivity index (χ4n) is 6.06. The van der Waals surface area contributed by atoms with E-state index in [1.807, 2.05) is 0 Å². The maximum absolute atomic E-state index is 14.0. The summed E-state index contributed by atoms with van der Waals surface area (Å²) in [4.78, 5) is 16.8. The number of carbonyl (C=O) groups is 1. The number of nitrogens with zero attached hydrogens (tertiary/aromatic N) is 3. The van der Waals surface area contributed by atoms with E-state index in [4.69, 9.17) is 24.3 Å². The zero-order valence-electron chi connectivity index (χ0n) is 31.1. The van der Waals surface area contributed by atoms with Crippen molar-refractivity contribution in [2.75, 3.05) is 18.9 Å². The van der Waals surface area contributed by atoms with Gasteiger partial charge in [-0.15, -0.1) is 0 Å². The highest BCUT2D eigenvalue weighted by molar-refractivity contribution is 7.52. The summed E-state index contributed by atoms with van der Waals surface area (Å²) in [7, 11) is -4.23. The molecular formula is C39H58N5O8P. The van der Waals surface area contributed by atoms with Crippen molar-refractivity contribution in [1.29, 1.82) is 0 Å². The molecule has 0 radical (unpaired) electrons. The Balaban J connectivity index is 1.16. The summed E-state index contributed by atoms with van der Waals surface area (Å²) in [5.74, 6) is -0.116. The molecule has 3 heterocycles. The van der Waals surface area contributed by atoms with E-state index >= 15 is 0 Å². The fourth-order valence-corrected chi connectivity index (χ4v) is 7.56. The topological polar surface area (TPSA) is 180 Å². The first-order valence-corrected chi connectivity index (χ1v) is 20.6. The molecule has 13 nitrogen and oxygen atoms in total. The number of benzene rings is 1. The Hall–Kier alpha value is -3.58. The molecule has 0 aliphatic carbocycles. The minimum absolute atomic E-state index is 0.239. The van der Waals surface area contributed by atoms with Gasteiger partial charge in [0.25, 0.3) is 0 Å². The first kappa shape index (κ1) is 42.2. The van der Waals surface area contributed by atoms with Gasteiger partial charge in [-0.3, -0.25) is 9.32 Å². The summed E-state index contributed by atoms with van der Waals surface area (Å²) in [6.07, 6.45) is 20.3. The number of aromatic nitrogens is 3. The molecule has 6 atom stereocenters. The first-order chi connectivity index (χ1) is 25.7. The normalized spacial score (nSPS) is 20.7. The summed E-state index contributed by atoms with van der Waals surface area (Å²) >= 11 is 0. The summed E-state index contributed by atoms with van der Waals surface area (Å²) in [5, 5.41) is 28.5. The van der Waals surface area contributed by atoms with Crippen LogP contribution in [0.3, 0.4) is 0 Å². The monoisotopic (exact) mass is 755 g/mol. The van der Waals surface area contributed by atoms with E-state index in [-0.39, 0.29) is 18.2 Å². The number of esters is 1. The Bertz CT molecular complexity index is 1620. The van der Waals surface area contributed by atoms with Crippen molar-refractivity contribution in [3.63, 3.8) is 0 Å². The number of nitrogens with two attached hydrogens (primary N) is 1. The third-order valence-electron chi connectivity index (χ3n) is 9.09. The van der Waals surface area contributed by atoms with Crippen LogP contribution in [0.5, 0.6) is 5.75 Å². The van der Waals surface area contributed by atoms with Crippen molar-refractivity contribution in [2.45, 2.75) is 128 Å². The molecule has 0 amide bonds. The summed E-state index contributed by atoms with van der Waals surface area (Å²) in [6.45, 7) is 3.57. The lowest BCUT2D eigenvalue weighted by atomic mass is 10.1. The van der Waals surface area contributed by atoms with Crippen LogP contribution in [0.2, 0.25) is 0 Å². The van der Waals surface area contributed by atoms with Gasteiger partial charge >= 0.3 is 13.7 Å². The Morgan fingerprint density at radius 3 is 2.36 bits per heavy atom. The summed E-state index contributed by atoms with van der Waals surface area (Å²) in [6, 6.07) is 10.7. The summed E-state index contributed by atoms with van der Waals surface area (Å²) < 4.78 is 38.4. The van der Waals surface area contributed by atoms with Crippen molar-refractivity contribution < 1.29 is 38.1 Å². The molecule has 3 aromatic rings. The SMILES string of the molecule is CCCCCC/C=C\C/C=C\CCCCCCCCOC(=O)[C@H](C)NP(=O)(OC[C@H]1O[C@@H](c2ccc3c(N)ncnn23)[C@H](O)[C@@H]1O)Oc1ccccc1. The predicted octanol–water partition coefficient (Wildman–Crippen LogP) is 7.40. The number of fused-ring (bicyclic) bond motifs is 1. The molecule has 5 N–H and O–H groups in total. The Kier molecular flexibility index (Phi) is 18.0. The van der Waals surface area contributed by atoms with E-state index in [2.05, 4.69) is 46.4 Å². The Labute approximate surface area is 313 Å². The third-order valence-corrected chi connectivity index (χ3v) is 10.7. The number of unbranched alkanes of at least 4 members (excludes halogenated alkanes) is 10. The standard InChI is InChI=1S/C39H58N5O8P/c1-3-4-5-6-7-8-9-10-11-12-13-14-15-16-17-18-22-27-49-39(47)30(2)43-53(48,52-31-23-20-19-21-24-31)50-28-34-35(45)36(46)37(51-34)32-25-26-33-38(40)41-29-42-44(32)33/h8-9,11-12,19-21,23-26,29-30,34-37,45-46H,3-7,10,13-18,22,27-28H2,1-2H3,(H,43,48)(H2,40,41,42)/b9-8-,12-11-/t30-,34+,35+,36+,37-,53?/m0/s1. The van der Waals surface area contributed by atoms with Gasteiger partial charge in [-0.25, -0.2) is 14.1 Å². The van der Waals surface area contributed by atoms with Crippen molar-refractivity contribution in [3.8, 4) is 5.75 Å². The van der Waals surface area contributed by atoms with E-state index in [1.54, 1.807) is 42.5 Å². The van der Waals surface area contributed by atoms with Crippen LogP contribution >= 0.6 is 7.75 Å². The molecular weight excluding hydrogens is 697 g/mol. The number of nitrogen functional groups attached to an aromatic ring is 1. The maximum Gasteiger partial charge on any atom is 0.459 e. The lowest BCUT2D eigenvalue weighted by molar-refractivity contribution is -0.145.